The van der Waals surface area contributed by atoms with Gasteiger partial charge in [0.2, 0.25) is 0 Å². The number of aromatic nitrogens is 1. The first kappa shape index (κ1) is 27.0. The van der Waals surface area contributed by atoms with Crippen molar-refractivity contribution in [3.63, 3.8) is 0 Å². The summed E-state index contributed by atoms with van der Waals surface area (Å²) < 4.78 is 5.87. The molecule has 2 heterocycles. The summed E-state index contributed by atoms with van der Waals surface area (Å²) in [5.41, 5.74) is 1.71. The van der Waals surface area contributed by atoms with Crippen LogP contribution in [0.2, 0.25) is 0 Å². The molecule has 0 spiro atoms. The fraction of sp³-hybridized carbons (Fsp3) is 0.552. The molecule has 2 N–H and O–H groups in total. The highest BCUT2D eigenvalue weighted by atomic mass is 16.5. The number of aliphatic hydroxyl groups is 2. The number of cyclic esters (lactones) is 1. The Morgan fingerprint density at radius 2 is 1.86 bits per heavy atom. The van der Waals surface area contributed by atoms with E-state index in [1.165, 1.54) is 5.57 Å². The van der Waals surface area contributed by atoms with Crippen LogP contribution in [0.5, 0.6) is 0 Å². The normalized spacial score (nSPS) is 30.9. The standard InChI is InChI=1S/C29H39NO5/c1-18-8-6-9-19(2)27(33)20(3)28(34)29(4,5)25(31)17-26(32)35-24(14-11-18)22-12-13-23-21(16-22)10-7-15-30-23/h7,10-13,15-16,19-20,24-25,27,31,33H,6,8-9,14,17H2,1-5H3/b18-11-/t19-,20+,24-,25-,27?/m0/s1. The molecule has 6 nitrogen and oxygen atoms in total. The summed E-state index contributed by atoms with van der Waals surface area (Å²) in [5, 5.41) is 22.6. The third-order valence-electron chi connectivity index (χ3n) is 7.52. The summed E-state index contributed by atoms with van der Waals surface area (Å²) in [4.78, 5) is 30.5. The van der Waals surface area contributed by atoms with Gasteiger partial charge in [-0.05, 0) is 55.9 Å². The van der Waals surface area contributed by atoms with E-state index in [4.69, 9.17) is 4.74 Å². The lowest BCUT2D eigenvalue weighted by atomic mass is 9.73. The van der Waals surface area contributed by atoms with Gasteiger partial charge in [0.25, 0.3) is 0 Å². The Balaban J connectivity index is 1.91. The Bertz CT molecular complexity index is 1080. The summed E-state index contributed by atoms with van der Waals surface area (Å²) in [6.45, 7) is 8.98. The number of Topliss-reactive ketones (excluding diaryl/α,β-unsaturated/α-hetero) is 1. The van der Waals surface area contributed by atoms with Gasteiger partial charge in [-0.15, -0.1) is 0 Å². The van der Waals surface area contributed by atoms with Crippen molar-refractivity contribution in [3.05, 3.63) is 53.7 Å². The van der Waals surface area contributed by atoms with Crippen molar-refractivity contribution in [2.24, 2.45) is 17.3 Å². The van der Waals surface area contributed by atoms with Crippen LogP contribution in [0.15, 0.2) is 48.2 Å². The third-order valence-corrected chi connectivity index (χ3v) is 7.52. The Labute approximate surface area is 208 Å². The van der Waals surface area contributed by atoms with E-state index in [1.807, 2.05) is 37.3 Å². The van der Waals surface area contributed by atoms with Crippen molar-refractivity contribution >= 4 is 22.7 Å². The van der Waals surface area contributed by atoms with Crippen LogP contribution in [0, 0.1) is 17.3 Å². The van der Waals surface area contributed by atoms with Crippen LogP contribution in [0.4, 0.5) is 0 Å². The molecule has 0 aliphatic carbocycles. The van der Waals surface area contributed by atoms with Gasteiger partial charge in [0.05, 0.1) is 29.6 Å². The zero-order valence-electron chi connectivity index (χ0n) is 21.5. The van der Waals surface area contributed by atoms with Gasteiger partial charge >= 0.3 is 5.97 Å². The number of fused-ring (bicyclic) bond motifs is 1. The number of esters is 1. The number of hydrogen-bond donors (Lipinski definition) is 2. The van der Waals surface area contributed by atoms with Crippen LogP contribution >= 0.6 is 0 Å². The SMILES string of the molecule is C/C1=C/C[C@@H](c2ccc3ncccc3c2)OC(=O)C[C@H](O)C(C)(C)C(=O)[C@H](C)C(O)[C@@H](C)CCC1. The van der Waals surface area contributed by atoms with Gasteiger partial charge in [-0.1, -0.05) is 51.5 Å². The van der Waals surface area contributed by atoms with E-state index in [2.05, 4.69) is 18.0 Å². The van der Waals surface area contributed by atoms with E-state index in [-0.39, 0.29) is 18.1 Å². The van der Waals surface area contributed by atoms with Crippen LogP contribution in [-0.4, -0.2) is 39.2 Å². The van der Waals surface area contributed by atoms with Crippen molar-refractivity contribution < 1.29 is 24.5 Å². The molecule has 0 amide bonds. The molecule has 190 valence electrons. The minimum absolute atomic E-state index is 0.0495. The Morgan fingerprint density at radius 1 is 1.11 bits per heavy atom. The maximum atomic E-state index is 13.2. The molecular formula is C29H39NO5. The van der Waals surface area contributed by atoms with Gasteiger partial charge in [-0.2, -0.15) is 0 Å². The number of ether oxygens (including phenoxy) is 1. The Hall–Kier alpha value is -2.57. The largest absolute Gasteiger partial charge is 0.457 e. The van der Waals surface area contributed by atoms with E-state index in [0.717, 1.165) is 35.7 Å². The van der Waals surface area contributed by atoms with E-state index in [1.54, 1.807) is 27.0 Å². The van der Waals surface area contributed by atoms with E-state index in [0.29, 0.717) is 6.42 Å². The van der Waals surface area contributed by atoms with Crippen LogP contribution in [0.3, 0.4) is 0 Å². The molecule has 6 heteroatoms. The molecule has 0 radical (unpaired) electrons. The van der Waals surface area contributed by atoms with Crippen molar-refractivity contribution in [1.82, 2.24) is 4.98 Å². The lowest BCUT2D eigenvalue weighted by Gasteiger charge is -2.34. The first-order chi connectivity index (χ1) is 16.5. The first-order valence-electron chi connectivity index (χ1n) is 12.6. The molecule has 3 rings (SSSR count). The zero-order chi connectivity index (χ0) is 25.8. The Morgan fingerprint density at radius 3 is 2.60 bits per heavy atom. The second-order valence-corrected chi connectivity index (χ2v) is 10.7. The van der Waals surface area contributed by atoms with E-state index < -0.39 is 35.6 Å². The average Bonchev–Trinajstić information content (AvgIpc) is 2.84. The molecule has 5 atom stereocenters. The van der Waals surface area contributed by atoms with Crippen molar-refractivity contribution in [2.45, 2.75) is 85.0 Å². The van der Waals surface area contributed by atoms with E-state index in [9.17, 15) is 19.8 Å². The van der Waals surface area contributed by atoms with Crippen molar-refractivity contribution in [3.8, 4) is 0 Å². The van der Waals surface area contributed by atoms with Gasteiger partial charge in [0.15, 0.2) is 0 Å². The summed E-state index contributed by atoms with van der Waals surface area (Å²) in [6.07, 6.45) is 4.07. The smallest absolute Gasteiger partial charge is 0.309 e. The van der Waals surface area contributed by atoms with Gasteiger partial charge in [0, 0.05) is 23.9 Å². The fourth-order valence-electron chi connectivity index (χ4n) is 4.85. The van der Waals surface area contributed by atoms with Gasteiger partial charge in [-0.25, -0.2) is 0 Å². The Kier molecular flexibility index (Phi) is 8.84. The summed E-state index contributed by atoms with van der Waals surface area (Å²) in [6, 6.07) is 9.66. The van der Waals surface area contributed by atoms with Gasteiger partial charge < -0.3 is 14.9 Å². The summed E-state index contributed by atoms with van der Waals surface area (Å²) in [7, 11) is 0. The second-order valence-electron chi connectivity index (χ2n) is 10.7. The van der Waals surface area contributed by atoms with E-state index >= 15 is 0 Å². The van der Waals surface area contributed by atoms with Gasteiger partial charge in [-0.3, -0.25) is 14.6 Å². The number of rotatable bonds is 1. The number of carbonyl (C=O) groups is 2. The molecule has 1 unspecified atom stereocenters. The molecule has 1 aliphatic heterocycles. The highest BCUT2D eigenvalue weighted by Crippen LogP contribution is 2.33. The number of benzene rings is 1. The fourth-order valence-corrected chi connectivity index (χ4v) is 4.85. The molecule has 1 aromatic heterocycles. The average molecular weight is 482 g/mol. The van der Waals surface area contributed by atoms with Crippen LogP contribution in [-0.2, 0) is 14.3 Å². The molecule has 0 bridgehead atoms. The molecule has 35 heavy (non-hydrogen) atoms. The molecule has 1 aromatic carbocycles. The number of nitrogens with zero attached hydrogens (tertiary/aromatic N) is 1. The number of carbonyl (C=O) groups excluding carboxylic acids is 2. The molecule has 0 saturated carbocycles. The van der Waals surface area contributed by atoms with Crippen molar-refractivity contribution in [2.75, 3.05) is 0 Å². The van der Waals surface area contributed by atoms with Crippen LogP contribution in [0.25, 0.3) is 10.9 Å². The van der Waals surface area contributed by atoms with Crippen molar-refractivity contribution in [1.29, 1.82) is 0 Å². The monoisotopic (exact) mass is 481 g/mol. The highest BCUT2D eigenvalue weighted by molar-refractivity contribution is 5.88. The first-order valence-corrected chi connectivity index (χ1v) is 12.6. The number of pyridine rings is 1. The van der Waals surface area contributed by atoms with Crippen LogP contribution < -0.4 is 0 Å². The molecule has 0 fully saturated rings. The van der Waals surface area contributed by atoms with Gasteiger partial charge in [0.1, 0.15) is 11.9 Å². The summed E-state index contributed by atoms with van der Waals surface area (Å²) >= 11 is 0. The minimum Gasteiger partial charge on any atom is -0.457 e. The highest BCUT2D eigenvalue weighted by Gasteiger charge is 2.42. The van der Waals surface area contributed by atoms with Crippen LogP contribution in [0.1, 0.15) is 78.4 Å². The number of ketones is 1. The molecule has 2 aromatic rings. The third kappa shape index (κ3) is 6.56. The number of aliphatic hydroxyl groups excluding tert-OH is 2. The predicted octanol–water partition coefficient (Wildman–Crippen LogP) is 5.32. The molecular weight excluding hydrogens is 442 g/mol. The quantitative estimate of drug-likeness (QED) is 0.423. The number of hydrogen-bond acceptors (Lipinski definition) is 6. The number of allylic oxidation sites excluding steroid dienone is 1. The maximum absolute atomic E-state index is 13.2. The lowest BCUT2D eigenvalue weighted by Crippen LogP contribution is -2.45. The summed E-state index contributed by atoms with van der Waals surface area (Å²) in [5.74, 6) is -1.51. The molecule has 0 saturated heterocycles. The zero-order valence-corrected chi connectivity index (χ0v) is 21.5. The maximum Gasteiger partial charge on any atom is 0.309 e. The lowest BCUT2D eigenvalue weighted by molar-refractivity contribution is -0.155. The second kappa shape index (κ2) is 11.4. The topological polar surface area (TPSA) is 96.7 Å². The predicted molar refractivity (Wildman–Crippen MR) is 137 cm³/mol. The minimum atomic E-state index is -1.22. The molecule has 1 aliphatic rings.